The lowest BCUT2D eigenvalue weighted by Crippen LogP contribution is -2.37. The summed E-state index contributed by atoms with van der Waals surface area (Å²) in [5, 5.41) is 9.50. The van der Waals surface area contributed by atoms with Crippen LogP contribution in [0.3, 0.4) is 0 Å². The minimum atomic E-state index is -0.814. The van der Waals surface area contributed by atoms with E-state index >= 15 is 0 Å². The molecular formula is C15H19BrN2O3. The van der Waals surface area contributed by atoms with Crippen LogP contribution in [0.1, 0.15) is 36.5 Å². The number of halogens is 1. The number of rotatable bonds is 4. The Bertz CT molecular complexity index is 576. The zero-order valence-electron chi connectivity index (χ0n) is 11.9. The maximum atomic E-state index is 12.6. The number of carbonyl (C=O) groups is 2. The summed E-state index contributed by atoms with van der Waals surface area (Å²) in [6.45, 7) is 2.69. The van der Waals surface area contributed by atoms with E-state index in [9.17, 15) is 14.7 Å². The molecule has 1 aromatic carbocycles. The first-order valence-electron chi connectivity index (χ1n) is 6.97. The van der Waals surface area contributed by atoms with Crippen LogP contribution in [0.25, 0.3) is 0 Å². The molecule has 1 unspecified atom stereocenters. The fraction of sp³-hybridized carbons (Fsp3) is 0.467. The topological polar surface area (TPSA) is 83.6 Å². The van der Waals surface area contributed by atoms with E-state index in [0.29, 0.717) is 35.1 Å². The quantitative estimate of drug-likeness (QED) is 0.814. The number of amides is 1. The SMILES string of the molecule is CCCC1(C(=O)O)CCN(C(=O)c2cc(N)ccc2Br)C1. The van der Waals surface area contributed by atoms with Crippen molar-refractivity contribution in [1.82, 2.24) is 4.90 Å². The molecule has 3 N–H and O–H groups in total. The van der Waals surface area contributed by atoms with Gasteiger partial charge in [0.1, 0.15) is 0 Å². The molecule has 1 amide bonds. The highest BCUT2D eigenvalue weighted by molar-refractivity contribution is 9.10. The second-order valence-corrected chi connectivity index (χ2v) is 6.41. The number of carboxylic acids is 1. The van der Waals surface area contributed by atoms with Crippen LogP contribution < -0.4 is 5.73 Å². The Balaban J connectivity index is 2.22. The molecule has 1 atom stereocenters. The van der Waals surface area contributed by atoms with Crippen LogP contribution in [0.5, 0.6) is 0 Å². The van der Waals surface area contributed by atoms with Crippen molar-refractivity contribution in [3.8, 4) is 0 Å². The molecule has 0 aromatic heterocycles. The van der Waals surface area contributed by atoms with Gasteiger partial charge >= 0.3 is 5.97 Å². The molecule has 114 valence electrons. The van der Waals surface area contributed by atoms with Crippen LogP contribution in [0, 0.1) is 5.41 Å². The molecule has 21 heavy (non-hydrogen) atoms. The third kappa shape index (κ3) is 3.05. The van der Waals surface area contributed by atoms with Gasteiger partial charge in [-0.1, -0.05) is 13.3 Å². The van der Waals surface area contributed by atoms with Crippen molar-refractivity contribution < 1.29 is 14.7 Å². The maximum absolute atomic E-state index is 12.6. The van der Waals surface area contributed by atoms with E-state index in [1.54, 1.807) is 23.1 Å². The van der Waals surface area contributed by atoms with Crippen LogP contribution in [0.2, 0.25) is 0 Å². The third-order valence-electron chi connectivity index (χ3n) is 4.04. The monoisotopic (exact) mass is 354 g/mol. The van der Waals surface area contributed by atoms with Gasteiger partial charge < -0.3 is 15.7 Å². The number of carbonyl (C=O) groups excluding carboxylic acids is 1. The average molecular weight is 355 g/mol. The van der Waals surface area contributed by atoms with Crippen molar-refractivity contribution in [2.24, 2.45) is 5.41 Å². The van der Waals surface area contributed by atoms with Crippen molar-refractivity contribution in [3.05, 3.63) is 28.2 Å². The maximum Gasteiger partial charge on any atom is 0.311 e. The van der Waals surface area contributed by atoms with Crippen molar-refractivity contribution in [2.75, 3.05) is 18.8 Å². The summed E-state index contributed by atoms with van der Waals surface area (Å²) in [7, 11) is 0. The van der Waals surface area contributed by atoms with E-state index < -0.39 is 11.4 Å². The minimum absolute atomic E-state index is 0.173. The van der Waals surface area contributed by atoms with Crippen molar-refractivity contribution in [1.29, 1.82) is 0 Å². The van der Waals surface area contributed by atoms with Gasteiger partial charge in [0.15, 0.2) is 0 Å². The second-order valence-electron chi connectivity index (χ2n) is 5.55. The van der Waals surface area contributed by atoms with Crippen molar-refractivity contribution >= 4 is 33.5 Å². The number of nitrogens with two attached hydrogens (primary N) is 1. The lowest BCUT2D eigenvalue weighted by molar-refractivity contribution is -0.148. The molecule has 0 bridgehead atoms. The molecule has 0 aliphatic carbocycles. The Hall–Kier alpha value is -1.56. The van der Waals surface area contributed by atoms with Gasteiger partial charge in [0, 0.05) is 23.2 Å². The van der Waals surface area contributed by atoms with Gasteiger partial charge in [-0.25, -0.2) is 0 Å². The van der Waals surface area contributed by atoms with Gasteiger partial charge in [-0.3, -0.25) is 9.59 Å². The Kier molecular flexibility index (Phi) is 4.56. The Labute approximate surface area is 132 Å². The Morgan fingerprint density at radius 1 is 1.48 bits per heavy atom. The lowest BCUT2D eigenvalue weighted by Gasteiger charge is -2.24. The largest absolute Gasteiger partial charge is 0.481 e. The molecular weight excluding hydrogens is 336 g/mol. The molecule has 1 aliphatic heterocycles. The van der Waals surface area contributed by atoms with E-state index in [-0.39, 0.29) is 12.5 Å². The number of benzene rings is 1. The molecule has 1 saturated heterocycles. The van der Waals surface area contributed by atoms with Crippen LogP contribution in [0.15, 0.2) is 22.7 Å². The summed E-state index contributed by atoms with van der Waals surface area (Å²) < 4.78 is 0.671. The number of likely N-dealkylation sites (tertiary alicyclic amines) is 1. The summed E-state index contributed by atoms with van der Waals surface area (Å²) >= 11 is 3.35. The van der Waals surface area contributed by atoms with Crippen LogP contribution in [0.4, 0.5) is 5.69 Å². The minimum Gasteiger partial charge on any atom is -0.481 e. The summed E-state index contributed by atoms with van der Waals surface area (Å²) in [5.74, 6) is -0.986. The molecule has 0 saturated carbocycles. The van der Waals surface area contributed by atoms with Crippen LogP contribution in [-0.2, 0) is 4.79 Å². The highest BCUT2D eigenvalue weighted by Gasteiger charge is 2.45. The van der Waals surface area contributed by atoms with Gasteiger partial charge in [0.2, 0.25) is 0 Å². The Morgan fingerprint density at radius 2 is 2.19 bits per heavy atom. The van der Waals surface area contributed by atoms with Gasteiger partial charge in [-0.05, 0) is 47.0 Å². The third-order valence-corrected chi connectivity index (χ3v) is 4.74. The van der Waals surface area contributed by atoms with E-state index in [1.807, 2.05) is 6.92 Å². The number of anilines is 1. The summed E-state index contributed by atoms with van der Waals surface area (Å²) in [5.41, 5.74) is 5.91. The number of hydrogen-bond donors (Lipinski definition) is 2. The fourth-order valence-corrected chi connectivity index (χ4v) is 3.30. The van der Waals surface area contributed by atoms with Crippen molar-refractivity contribution in [2.45, 2.75) is 26.2 Å². The van der Waals surface area contributed by atoms with E-state index in [1.165, 1.54) is 0 Å². The molecule has 1 fully saturated rings. The Morgan fingerprint density at radius 3 is 2.81 bits per heavy atom. The molecule has 1 aromatic rings. The number of nitrogens with zero attached hydrogens (tertiary/aromatic N) is 1. The highest BCUT2D eigenvalue weighted by Crippen LogP contribution is 2.36. The molecule has 0 radical (unpaired) electrons. The smallest absolute Gasteiger partial charge is 0.311 e. The standard InChI is InChI=1S/C15H19BrN2O3/c1-2-5-15(14(20)21)6-7-18(9-15)13(19)11-8-10(17)3-4-12(11)16/h3-4,8H,2,5-7,9,17H2,1H3,(H,20,21). The first kappa shape index (κ1) is 15.8. The second kappa shape index (κ2) is 6.05. The van der Waals surface area contributed by atoms with Crippen LogP contribution >= 0.6 is 15.9 Å². The predicted octanol–water partition coefficient (Wildman–Crippen LogP) is 2.75. The molecule has 5 nitrogen and oxygen atoms in total. The van der Waals surface area contributed by atoms with Gasteiger partial charge in [0.25, 0.3) is 5.91 Å². The number of aliphatic carboxylic acids is 1. The number of hydrogen-bond acceptors (Lipinski definition) is 3. The average Bonchev–Trinajstić information content (AvgIpc) is 2.87. The van der Waals surface area contributed by atoms with Crippen molar-refractivity contribution in [3.63, 3.8) is 0 Å². The number of carboxylic acid groups (broad SMARTS) is 1. The first-order valence-corrected chi connectivity index (χ1v) is 7.76. The molecule has 2 rings (SSSR count). The van der Waals surface area contributed by atoms with E-state index in [4.69, 9.17) is 5.73 Å². The summed E-state index contributed by atoms with van der Waals surface area (Å²) in [6, 6.07) is 5.06. The molecule has 0 spiro atoms. The lowest BCUT2D eigenvalue weighted by atomic mass is 9.83. The first-order chi connectivity index (χ1) is 9.89. The summed E-state index contributed by atoms with van der Waals surface area (Å²) in [4.78, 5) is 25.8. The normalized spacial score (nSPS) is 21.5. The molecule has 1 heterocycles. The fourth-order valence-electron chi connectivity index (χ4n) is 2.89. The molecule has 6 heteroatoms. The van der Waals surface area contributed by atoms with E-state index in [2.05, 4.69) is 15.9 Å². The highest BCUT2D eigenvalue weighted by atomic mass is 79.9. The zero-order chi connectivity index (χ0) is 15.6. The van der Waals surface area contributed by atoms with E-state index in [0.717, 1.165) is 6.42 Å². The predicted molar refractivity (Wildman–Crippen MR) is 84.1 cm³/mol. The summed E-state index contributed by atoms with van der Waals surface area (Å²) in [6.07, 6.45) is 1.88. The number of nitrogen functional groups attached to an aromatic ring is 1. The molecule has 1 aliphatic rings. The van der Waals surface area contributed by atoms with Gasteiger partial charge in [0.05, 0.1) is 11.0 Å². The zero-order valence-corrected chi connectivity index (χ0v) is 13.5. The van der Waals surface area contributed by atoms with Gasteiger partial charge in [-0.2, -0.15) is 0 Å². The van der Waals surface area contributed by atoms with Gasteiger partial charge in [-0.15, -0.1) is 0 Å². The van der Waals surface area contributed by atoms with Crippen LogP contribution in [-0.4, -0.2) is 35.0 Å².